The normalized spacial score (nSPS) is 12.8. The maximum Gasteiger partial charge on any atom is 0.326 e. The summed E-state index contributed by atoms with van der Waals surface area (Å²) in [6, 6.07) is 34.5. The molecular weight excluding hydrogens is 606 g/mol. The standard InChI is InChI=1S/C39H37N3O6/c43-32-19-16-28(17-20-32)24-35(39(47)48)42-38(46)34(23-27-11-5-2-6-12-27)41-37(45)33(22-26-9-3-1-4-10-26)40-36(44)25-29-15-18-30-13-7-8-14-31(30)21-29/h1-21,33-35,43H,22-25H2,(H,40,44)(H,41,45)(H,42,46)(H,47,48)/t33-,34-,35-/m0/s1. The summed E-state index contributed by atoms with van der Waals surface area (Å²) >= 11 is 0. The van der Waals surface area contributed by atoms with Gasteiger partial charge in [-0.2, -0.15) is 0 Å². The molecule has 0 aliphatic carbocycles. The molecule has 0 aliphatic rings. The number of fused-ring (bicyclic) bond motifs is 1. The smallest absolute Gasteiger partial charge is 0.326 e. The van der Waals surface area contributed by atoms with Crippen molar-refractivity contribution in [3.63, 3.8) is 0 Å². The van der Waals surface area contributed by atoms with Gasteiger partial charge in [-0.3, -0.25) is 14.4 Å². The number of carbonyl (C=O) groups is 4. The number of hydrogen-bond acceptors (Lipinski definition) is 5. The van der Waals surface area contributed by atoms with E-state index in [0.717, 1.165) is 27.5 Å². The fourth-order valence-electron chi connectivity index (χ4n) is 5.51. The van der Waals surface area contributed by atoms with Gasteiger partial charge in [0.15, 0.2) is 0 Å². The first-order valence-electron chi connectivity index (χ1n) is 15.7. The number of aromatic hydroxyl groups is 1. The Morgan fingerprint density at radius 1 is 0.500 bits per heavy atom. The van der Waals surface area contributed by atoms with Crippen LogP contribution in [0.5, 0.6) is 5.75 Å². The Bertz CT molecular complexity index is 1860. The molecular formula is C39H37N3O6. The first-order chi connectivity index (χ1) is 23.2. The fraction of sp³-hybridized carbons (Fsp3) is 0.179. The molecule has 5 N–H and O–H groups in total. The molecule has 3 atom stereocenters. The van der Waals surface area contributed by atoms with Gasteiger partial charge >= 0.3 is 5.97 Å². The van der Waals surface area contributed by atoms with Crippen molar-refractivity contribution in [3.8, 4) is 5.75 Å². The van der Waals surface area contributed by atoms with Crippen LogP contribution in [-0.4, -0.2) is 52.0 Å². The van der Waals surface area contributed by atoms with Crippen molar-refractivity contribution >= 4 is 34.5 Å². The molecule has 5 aromatic rings. The van der Waals surface area contributed by atoms with E-state index in [0.29, 0.717) is 5.56 Å². The van der Waals surface area contributed by atoms with Gasteiger partial charge in [-0.15, -0.1) is 0 Å². The molecule has 5 rings (SSSR count). The van der Waals surface area contributed by atoms with Gasteiger partial charge in [0.1, 0.15) is 23.9 Å². The molecule has 0 fully saturated rings. The third-order valence-corrected chi connectivity index (χ3v) is 8.02. The predicted octanol–water partition coefficient (Wildman–Crippen LogP) is 4.36. The highest BCUT2D eigenvalue weighted by Crippen LogP contribution is 2.17. The van der Waals surface area contributed by atoms with Gasteiger partial charge in [-0.05, 0) is 45.2 Å². The van der Waals surface area contributed by atoms with E-state index in [9.17, 15) is 29.4 Å². The lowest BCUT2D eigenvalue weighted by atomic mass is 10.0. The van der Waals surface area contributed by atoms with Crippen LogP contribution in [0.3, 0.4) is 0 Å². The summed E-state index contributed by atoms with van der Waals surface area (Å²) in [7, 11) is 0. The number of carboxylic acid groups (broad SMARTS) is 1. The van der Waals surface area contributed by atoms with Crippen molar-refractivity contribution in [2.75, 3.05) is 0 Å². The zero-order chi connectivity index (χ0) is 33.9. The van der Waals surface area contributed by atoms with E-state index < -0.39 is 35.9 Å². The summed E-state index contributed by atoms with van der Waals surface area (Å²) in [5.74, 6) is -2.82. The molecule has 0 unspecified atom stereocenters. The van der Waals surface area contributed by atoms with Gasteiger partial charge in [-0.1, -0.05) is 115 Å². The summed E-state index contributed by atoms with van der Waals surface area (Å²) in [4.78, 5) is 53.1. The molecule has 0 saturated carbocycles. The third-order valence-electron chi connectivity index (χ3n) is 8.02. The summed E-state index contributed by atoms with van der Waals surface area (Å²) in [5, 5.41) is 29.8. The maximum absolute atomic E-state index is 13.9. The van der Waals surface area contributed by atoms with Gasteiger partial charge in [0.2, 0.25) is 17.7 Å². The number of benzene rings is 5. The van der Waals surface area contributed by atoms with E-state index in [-0.39, 0.29) is 37.3 Å². The molecule has 0 bridgehead atoms. The second-order valence-electron chi connectivity index (χ2n) is 11.7. The van der Waals surface area contributed by atoms with E-state index >= 15 is 0 Å². The molecule has 3 amide bonds. The average molecular weight is 644 g/mol. The second-order valence-corrected chi connectivity index (χ2v) is 11.7. The maximum atomic E-state index is 13.9. The van der Waals surface area contributed by atoms with Crippen LogP contribution in [0.1, 0.15) is 22.3 Å². The molecule has 9 heteroatoms. The number of carbonyl (C=O) groups excluding carboxylic acids is 3. The SMILES string of the molecule is O=C(Cc1ccc2ccccc2c1)N[C@@H](Cc1ccccc1)C(=O)N[C@@H](Cc1ccccc1)C(=O)N[C@@H](Cc1ccc(O)cc1)C(=O)O. The lowest BCUT2D eigenvalue weighted by Crippen LogP contribution is -2.57. The van der Waals surface area contributed by atoms with Crippen LogP contribution in [0, 0.1) is 0 Å². The van der Waals surface area contributed by atoms with E-state index in [2.05, 4.69) is 16.0 Å². The molecule has 0 heterocycles. The Hall–Kier alpha value is -5.96. The van der Waals surface area contributed by atoms with Crippen molar-refractivity contribution in [2.24, 2.45) is 0 Å². The summed E-state index contributed by atoms with van der Waals surface area (Å²) in [6.45, 7) is 0. The van der Waals surface area contributed by atoms with Crippen molar-refractivity contribution in [1.29, 1.82) is 0 Å². The predicted molar refractivity (Wildman–Crippen MR) is 183 cm³/mol. The minimum Gasteiger partial charge on any atom is -0.508 e. The highest BCUT2D eigenvalue weighted by atomic mass is 16.4. The molecule has 0 aliphatic heterocycles. The van der Waals surface area contributed by atoms with Crippen LogP contribution in [0.4, 0.5) is 0 Å². The molecule has 48 heavy (non-hydrogen) atoms. The fourth-order valence-corrected chi connectivity index (χ4v) is 5.51. The van der Waals surface area contributed by atoms with Crippen LogP contribution >= 0.6 is 0 Å². The number of nitrogens with one attached hydrogen (secondary N) is 3. The zero-order valence-electron chi connectivity index (χ0n) is 26.2. The molecule has 5 aromatic carbocycles. The number of carboxylic acids is 1. The first-order valence-corrected chi connectivity index (χ1v) is 15.7. The largest absolute Gasteiger partial charge is 0.508 e. The second kappa shape index (κ2) is 16.0. The minimum absolute atomic E-state index is 0.0329. The van der Waals surface area contributed by atoms with E-state index in [1.54, 1.807) is 12.1 Å². The lowest BCUT2D eigenvalue weighted by molar-refractivity contribution is -0.142. The van der Waals surface area contributed by atoms with Gasteiger partial charge in [0.05, 0.1) is 6.42 Å². The van der Waals surface area contributed by atoms with Crippen LogP contribution in [0.2, 0.25) is 0 Å². The van der Waals surface area contributed by atoms with Crippen LogP contribution in [-0.2, 0) is 44.9 Å². The molecule has 0 radical (unpaired) electrons. The monoisotopic (exact) mass is 643 g/mol. The number of phenolic OH excluding ortho intramolecular Hbond substituents is 1. The summed E-state index contributed by atoms with van der Waals surface area (Å²) in [6.07, 6.45) is 0.283. The molecule has 0 spiro atoms. The number of hydrogen-bond donors (Lipinski definition) is 5. The Morgan fingerprint density at radius 3 is 1.54 bits per heavy atom. The van der Waals surface area contributed by atoms with E-state index in [1.807, 2.05) is 103 Å². The highest BCUT2D eigenvalue weighted by molar-refractivity contribution is 5.94. The third kappa shape index (κ3) is 9.53. The molecule has 0 saturated heterocycles. The van der Waals surface area contributed by atoms with Crippen LogP contribution in [0.25, 0.3) is 10.8 Å². The van der Waals surface area contributed by atoms with Crippen LogP contribution in [0.15, 0.2) is 127 Å². The highest BCUT2D eigenvalue weighted by Gasteiger charge is 2.30. The van der Waals surface area contributed by atoms with Gasteiger partial charge < -0.3 is 26.2 Å². The molecule has 0 aromatic heterocycles. The summed E-state index contributed by atoms with van der Waals surface area (Å²) < 4.78 is 0. The summed E-state index contributed by atoms with van der Waals surface area (Å²) in [5.41, 5.74) is 2.96. The zero-order valence-corrected chi connectivity index (χ0v) is 26.2. The van der Waals surface area contributed by atoms with E-state index in [4.69, 9.17) is 0 Å². The van der Waals surface area contributed by atoms with Crippen molar-refractivity contribution < 1.29 is 29.4 Å². The quantitative estimate of drug-likeness (QED) is 0.122. The average Bonchev–Trinajstić information content (AvgIpc) is 3.09. The number of rotatable bonds is 14. The lowest BCUT2D eigenvalue weighted by Gasteiger charge is -2.25. The van der Waals surface area contributed by atoms with E-state index in [1.165, 1.54) is 12.1 Å². The number of aliphatic carboxylic acids is 1. The molecule has 244 valence electrons. The molecule has 9 nitrogen and oxygen atoms in total. The van der Waals surface area contributed by atoms with Gasteiger partial charge in [0.25, 0.3) is 0 Å². The number of phenols is 1. The van der Waals surface area contributed by atoms with Crippen molar-refractivity contribution in [3.05, 3.63) is 150 Å². The van der Waals surface area contributed by atoms with Crippen molar-refractivity contribution in [2.45, 2.75) is 43.8 Å². The Kier molecular flexibility index (Phi) is 11.2. The topological polar surface area (TPSA) is 145 Å². The first kappa shape index (κ1) is 33.4. The van der Waals surface area contributed by atoms with Gasteiger partial charge in [-0.25, -0.2) is 4.79 Å². The van der Waals surface area contributed by atoms with Crippen molar-refractivity contribution in [1.82, 2.24) is 16.0 Å². The number of amides is 3. The Morgan fingerprint density at radius 2 is 0.958 bits per heavy atom. The van der Waals surface area contributed by atoms with Gasteiger partial charge in [0, 0.05) is 19.3 Å². The Balaban J connectivity index is 1.34. The van der Waals surface area contributed by atoms with Crippen LogP contribution < -0.4 is 16.0 Å². The minimum atomic E-state index is -1.29. The Labute approximate surface area is 278 Å².